The van der Waals surface area contributed by atoms with Crippen LogP contribution in [0.1, 0.15) is 43.5 Å². The fourth-order valence-corrected chi connectivity index (χ4v) is 3.87. The van der Waals surface area contributed by atoms with Crippen molar-refractivity contribution in [2.45, 2.75) is 50.8 Å². The molecule has 5 nitrogen and oxygen atoms in total. The molecule has 2 fully saturated rings. The highest BCUT2D eigenvalue weighted by molar-refractivity contribution is 5.35. The van der Waals surface area contributed by atoms with Crippen LogP contribution in [0.15, 0.2) is 36.5 Å². The average molecular weight is 340 g/mol. The standard InChI is InChI=1S/C20H28N4O/c1-15(21-11-18-12-22-20(14-25-18)9-6-10-20)19-13-23-24(16(19)2)17-7-4-3-5-8-17/h3-5,7-8,13,15,18,21-22H,6,9-12,14H2,1-2H3. The van der Waals surface area contributed by atoms with Crippen molar-refractivity contribution in [3.63, 3.8) is 0 Å². The van der Waals surface area contributed by atoms with E-state index in [2.05, 4.69) is 41.7 Å². The zero-order chi connectivity index (χ0) is 17.3. The molecule has 0 bridgehead atoms. The Morgan fingerprint density at radius 3 is 2.80 bits per heavy atom. The van der Waals surface area contributed by atoms with E-state index in [9.17, 15) is 0 Å². The van der Waals surface area contributed by atoms with E-state index in [1.807, 2.05) is 29.1 Å². The summed E-state index contributed by atoms with van der Waals surface area (Å²) in [6.07, 6.45) is 6.09. The van der Waals surface area contributed by atoms with E-state index in [1.165, 1.54) is 30.5 Å². The van der Waals surface area contributed by atoms with Crippen molar-refractivity contribution in [2.75, 3.05) is 19.7 Å². The largest absolute Gasteiger partial charge is 0.374 e. The second-order valence-electron chi connectivity index (χ2n) is 7.51. The maximum Gasteiger partial charge on any atom is 0.0824 e. The third-order valence-corrected chi connectivity index (χ3v) is 5.78. The van der Waals surface area contributed by atoms with Crippen LogP contribution in [-0.4, -0.2) is 41.1 Å². The van der Waals surface area contributed by atoms with Crippen molar-refractivity contribution < 1.29 is 4.74 Å². The highest BCUT2D eigenvalue weighted by Crippen LogP contribution is 2.34. The second kappa shape index (κ2) is 6.90. The monoisotopic (exact) mass is 340 g/mol. The molecule has 1 spiro atoms. The quantitative estimate of drug-likeness (QED) is 0.879. The van der Waals surface area contributed by atoms with Gasteiger partial charge in [0, 0.05) is 35.9 Å². The number of ether oxygens (including phenoxy) is 1. The van der Waals surface area contributed by atoms with Crippen LogP contribution in [-0.2, 0) is 4.74 Å². The maximum atomic E-state index is 6.08. The van der Waals surface area contributed by atoms with Crippen LogP contribution >= 0.6 is 0 Å². The van der Waals surface area contributed by atoms with Crippen LogP contribution in [0.4, 0.5) is 0 Å². The first-order valence-electron chi connectivity index (χ1n) is 9.37. The van der Waals surface area contributed by atoms with Gasteiger partial charge in [-0.2, -0.15) is 5.10 Å². The Morgan fingerprint density at radius 1 is 1.36 bits per heavy atom. The van der Waals surface area contributed by atoms with Gasteiger partial charge in [-0.25, -0.2) is 4.68 Å². The number of rotatable bonds is 5. The molecular formula is C20H28N4O. The van der Waals surface area contributed by atoms with Crippen molar-refractivity contribution in [3.05, 3.63) is 47.8 Å². The van der Waals surface area contributed by atoms with E-state index in [-0.39, 0.29) is 12.1 Å². The Bertz CT molecular complexity index is 698. The van der Waals surface area contributed by atoms with Gasteiger partial charge in [0.2, 0.25) is 0 Å². The van der Waals surface area contributed by atoms with E-state index in [0.29, 0.717) is 5.54 Å². The summed E-state index contributed by atoms with van der Waals surface area (Å²) in [5, 5.41) is 11.9. The summed E-state index contributed by atoms with van der Waals surface area (Å²) in [6, 6.07) is 10.5. The number of benzene rings is 1. The molecule has 2 aliphatic rings. The molecule has 2 unspecified atom stereocenters. The van der Waals surface area contributed by atoms with Gasteiger partial charge >= 0.3 is 0 Å². The van der Waals surface area contributed by atoms with Crippen LogP contribution in [0.25, 0.3) is 5.69 Å². The van der Waals surface area contributed by atoms with Gasteiger partial charge in [0.1, 0.15) is 0 Å². The van der Waals surface area contributed by atoms with E-state index in [4.69, 9.17) is 4.74 Å². The Labute approximate surface area is 149 Å². The molecule has 0 amide bonds. The Morgan fingerprint density at radius 2 is 2.16 bits per heavy atom. The van der Waals surface area contributed by atoms with Crippen LogP contribution in [0, 0.1) is 6.92 Å². The van der Waals surface area contributed by atoms with Gasteiger partial charge in [-0.3, -0.25) is 0 Å². The molecule has 2 N–H and O–H groups in total. The molecule has 1 aliphatic carbocycles. The third kappa shape index (κ3) is 3.36. The summed E-state index contributed by atoms with van der Waals surface area (Å²) < 4.78 is 8.09. The highest BCUT2D eigenvalue weighted by atomic mass is 16.5. The topological polar surface area (TPSA) is 51.1 Å². The number of hydrogen-bond donors (Lipinski definition) is 2. The SMILES string of the molecule is Cc1c(C(C)NCC2CNC3(CCC3)CO2)cnn1-c1ccccc1. The van der Waals surface area contributed by atoms with Crippen molar-refractivity contribution in [1.82, 2.24) is 20.4 Å². The van der Waals surface area contributed by atoms with E-state index < -0.39 is 0 Å². The zero-order valence-electron chi connectivity index (χ0n) is 15.2. The Hall–Kier alpha value is -1.69. The lowest BCUT2D eigenvalue weighted by molar-refractivity contribution is -0.0596. The minimum absolute atomic E-state index is 0.248. The number of para-hydroxylation sites is 1. The highest BCUT2D eigenvalue weighted by Gasteiger charge is 2.40. The van der Waals surface area contributed by atoms with Gasteiger partial charge in [-0.15, -0.1) is 0 Å². The van der Waals surface area contributed by atoms with E-state index >= 15 is 0 Å². The maximum absolute atomic E-state index is 6.08. The lowest BCUT2D eigenvalue weighted by Gasteiger charge is -2.47. The predicted octanol–water partition coefficient (Wildman–Crippen LogP) is 2.74. The summed E-state index contributed by atoms with van der Waals surface area (Å²) in [6.45, 7) is 7.00. The predicted molar refractivity (Wildman–Crippen MR) is 99.0 cm³/mol. The number of morpholine rings is 1. The molecule has 1 saturated heterocycles. The summed E-state index contributed by atoms with van der Waals surface area (Å²) in [5.41, 5.74) is 3.82. The molecule has 134 valence electrons. The normalized spacial score (nSPS) is 23.4. The van der Waals surface area contributed by atoms with E-state index in [0.717, 1.165) is 25.4 Å². The van der Waals surface area contributed by atoms with Crippen LogP contribution < -0.4 is 10.6 Å². The molecule has 1 aromatic carbocycles. The lowest BCUT2D eigenvalue weighted by Crippen LogP contribution is -2.62. The van der Waals surface area contributed by atoms with E-state index in [1.54, 1.807) is 0 Å². The summed E-state index contributed by atoms with van der Waals surface area (Å²) in [5.74, 6) is 0. The summed E-state index contributed by atoms with van der Waals surface area (Å²) in [4.78, 5) is 0. The zero-order valence-corrected chi connectivity index (χ0v) is 15.2. The van der Waals surface area contributed by atoms with Gasteiger partial charge in [-0.1, -0.05) is 18.2 Å². The molecule has 2 aromatic rings. The van der Waals surface area contributed by atoms with Crippen molar-refractivity contribution in [2.24, 2.45) is 0 Å². The fraction of sp³-hybridized carbons (Fsp3) is 0.550. The minimum atomic E-state index is 0.248. The first kappa shape index (κ1) is 16.8. The first-order chi connectivity index (χ1) is 12.2. The van der Waals surface area contributed by atoms with Crippen LogP contribution in [0.3, 0.4) is 0 Å². The van der Waals surface area contributed by atoms with Gasteiger partial charge in [0.25, 0.3) is 0 Å². The molecule has 0 radical (unpaired) electrons. The number of aromatic nitrogens is 2. The molecule has 2 heterocycles. The molecule has 2 atom stereocenters. The molecule has 1 aliphatic heterocycles. The fourth-order valence-electron chi connectivity index (χ4n) is 3.87. The van der Waals surface area contributed by atoms with Crippen LogP contribution in [0.2, 0.25) is 0 Å². The lowest BCUT2D eigenvalue weighted by atomic mass is 9.76. The van der Waals surface area contributed by atoms with Gasteiger partial charge < -0.3 is 15.4 Å². The molecule has 4 rings (SSSR count). The van der Waals surface area contributed by atoms with Crippen molar-refractivity contribution in [3.8, 4) is 5.69 Å². The number of nitrogens with zero attached hydrogens (tertiary/aromatic N) is 2. The van der Waals surface area contributed by atoms with Crippen molar-refractivity contribution in [1.29, 1.82) is 0 Å². The first-order valence-corrected chi connectivity index (χ1v) is 9.37. The average Bonchev–Trinajstić information content (AvgIpc) is 3.01. The molecular weight excluding hydrogens is 312 g/mol. The Balaban J connectivity index is 1.34. The van der Waals surface area contributed by atoms with Gasteiger partial charge in [-0.05, 0) is 45.2 Å². The summed E-state index contributed by atoms with van der Waals surface area (Å²) >= 11 is 0. The minimum Gasteiger partial charge on any atom is -0.374 e. The number of nitrogens with one attached hydrogen (secondary N) is 2. The summed E-state index contributed by atoms with van der Waals surface area (Å²) in [7, 11) is 0. The van der Waals surface area contributed by atoms with Crippen molar-refractivity contribution >= 4 is 0 Å². The Kier molecular flexibility index (Phi) is 4.63. The number of hydrogen-bond acceptors (Lipinski definition) is 4. The van der Waals surface area contributed by atoms with Crippen LogP contribution in [0.5, 0.6) is 0 Å². The van der Waals surface area contributed by atoms with Gasteiger partial charge in [0.15, 0.2) is 0 Å². The molecule has 1 aromatic heterocycles. The molecule has 5 heteroatoms. The molecule has 1 saturated carbocycles. The molecule has 25 heavy (non-hydrogen) atoms. The van der Waals surface area contributed by atoms with Gasteiger partial charge in [0.05, 0.1) is 24.6 Å². The third-order valence-electron chi connectivity index (χ3n) is 5.78. The smallest absolute Gasteiger partial charge is 0.0824 e. The second-order valence-corrected chi connectivity index (χ2v) is 7.51.